The summed E-state index contributed by atoms with van der Waals surface area (Å²) >= 11 is 5.31. The molecule has 0 spiro atoms. The molecule has 2 unspecified atom stereocenters. The molecule has 0 bridgehead atoms. The predicted molar refractivity (Wildman–Crippen MR) is 74.2 cm³/mol. The zero-order chi connectivity index (χ0) is 12.0. The number of hydrogen-bond acceptors (Lipinski definition) is 3. The molecule has 4 heteroatoms. The van der Waals surface area contributed by atoms with Gasteiger partial charge in [0.1, 0.15) is 0 Å². The first-order valence-electron chi connectivity index (χ1n) is 5.58. The van der Waals surface area contributed by atoms with E-state index in [-0.39, 0.29) is 0 Å². The second kappa shape index (κ2) is 7.43. The van der Waals surface area contributed by atoms with Crippen LogP contribution in [0.4, 0.5) is 0 Å². The number of methoxy groups -OCH3 is 1. The van der Waals surface area contributed by atoms with Gasteiger partial charge in [0.15, 0.2) is 0 Å². The highest BCUT2D eigenvalue weighted by Crippen LogP contribution is 2.23. The van der Waals surface area contributed by atoms with Crippen molar-refractivity contribution in [3.05, 3.63) is 20.8 Å². The summed E-state index contributed by atoms with van der Waals surface area (Å²) in [4.78, 5) is 1.44. The van der Waals surface area contributed by atoms with Crippen molar-refractivity contribution in [2.45, 2.75) is 26.3 Å². The first kappa shape index (κ1) is 14.2. The zero-order valence-electron chi connectivity index (χ0n) is 10.1. The molecule has 0 radical (unpaired) electrons. The van der Waals surface area contributed by atoms with Gasteiger partial charge in [0, 0.05) is 34.4 Å². The van der Waals surface area contributed by atoms with Gasteiger partial charge in [-0.05, 0) is 41.3 Å². The van der Waals surface area contributed by atoms with Gasteiger partial charge < -0.3 is 10.1 Å². The van der Waals surface area contributed by atoms with Crippen LogP contribution in [0.3, 0.4) is 0 Å². The number of nitrogens with one attached hydrogen (secondary N) is 1. The third-order valence-corrected chi connectivity index (χ3v) is 4.49. The first-order valence-corrected chi connectivity index (χ1v) is 7.26. The molecule has 2 nitrogen and oxygen atoms in total. The Morgan fingerprint density at radius 2 is 2.25 bits per heavy atom. The van der Waals surface area contributed by atoms with E-state index in [2.05, 4.69) is 46.5 Å². The van der Waals surface area contributed by atoms with Crippen molar-refractivity contribution in [2.24, 2.45) is 5.92 Å². The van der Waals surface area contributed by atoms with E-state index >= 15 is 0 Å². The molecule has 2 atom stereocenters. The number of thiophene rings is 1. The van der Waals surface area contributed by atoms with Crippen LogP contribution in [0.5, 0.6) is 0 Å². The van der Waals surface area contributed by atoms with Crippen molar-refractivity contribution in [3.8, 4) is 0 Å². The lowest BCUT2D eigenvalue weighted by molar-refractivity contribution is 0.192. The highest BCUT2D eigenvalue weighted by atomic mass is 79.9. The van der Waals surface area contributed by atoms with E-state index in [4.69, 9.17) is 4.74 Å². The van der Waals surface area contributed by atoms with E-state index in [0.717, 1.165) is 19.6 Å². The minimum Gasteiger partial charge on any atom is -0.383 e. The fourth-order valence-corrected chi connectivity index (χ4v) is 3.14. The van der Waals surface area contributed by atoms with Gasteiger partial charge in [0.2, 0.25) is 0 Å². The van der Waals surface area contributed by atoms with Gasteiger partial charge in [-0.3, -0.25) is 0 Å². The van der Waals surface area contributed by atoms with Gasteiger partial charge in [-0.2, -0.15) is 0 Å². The van der Waals surface area contributed by atoms with Gasteiger partial charge in [-0.15, -0.1) is 11.3 Å². The Labute approximate surface area is 111 Å². The van der Waals surface area contributed by atoms with E-state index < -0.39 is 0 Å². The molecule has 0 fully saturated rings. The van der Waals surface area contributed by atoms with E-state index in [1.807, 2.05) is 11.3 Å². The molecular weight excluding hydrogens is 286 g/mol. The molecule has 0 aliphatic carbocycles. The van der Waals surface area contributed by atoms with Crippen LogP contribution in [0, 0.1) is 5.92 Å². The van der Waals surface area contributed by atoms with Crippen LogP contribution in [0.1, 0.15) is 18.7 Å². The van der Waals surface area contributed by atoms with Crippen LogP contribution in [-0.4, -0.2) is 26.3 Å². The fourth-order valence-electron chi connectivity index (χ4n) is 1.54. The number of rotatable bonds is 7. The van der Waals surface area contributed by atoms with Crippen molar-refractivity contribution in [2.75, 3.05) is 20.3 Å². The topological polar surface area (TPSA) is 21.3 Å². The SMILES string of the molecule is COCCNC(C)C(C)Cc1cc(Br)cs1. The average molecular weight is 306 g/mol. The molecule has 0 saturated heterocycles. The van der Waals surface area contributed by atoms with E-state index in [1.54, 1.807) is 7.11 Å². The Hall–Kier alpha value is 0.1000. The lowest BCUT2D eigenvalue weighted by Crippen LogP contribution is -2.35. The quantitative estimate of drug-likeness (QED) is 0.780. The Morgan fingerprint density at radius 1 is 1.50 bits per heavy atom. The summed E-state index contributed by atoms with van der Waals surface area (Å²) in [7, 11) is 1.74. The molecule has 1 heterocycles. The maximum Gasteiger partial charge on any atom is 0.0587 e. The van der Waals surface area contributed by atoms with E-state index in [0.29, 0.717) is 12.0 Å². The predicted octanol–water partition coefficient (Wildman–Crippen LogP) is 3.31. The van der Waals surface area contributed by atoms with Gasteiger partial charge in [-0.1, -0.05) is 6.92 Å². The third-order valence-electron chi connectivity index (χ3n) is 2.77. The standard InChI is InChI=1S/C12H20BrNOS/c1-9(10(2)14-4-5-15-3)6-12-7-11(13)8-16-12/h7-10,14H,4-6H2,1-3H3. The van der Waals surface area contributed by atoms with Gasteiger partial charge in [0.05, 0.1) is 6.61 Å². The van der Waals surface area contributed by atoms with Crippen molar-refractivity contribution in [3.63, 3.8) is 0 Å². The Bertz CT molecular complexity index is 303. The maximum absolute atomic E-state index is 5.03. The van der Waals surface area contributed by atoms with Crippen LogP contribution in [0.25, 0.3) is 0 Å². The van der Waals surface area contributed by atoms with Crippen LogP contribution in [-0.2, 0) is 11.2 Å². The zero-order valence-corrected chi connectivity index (χ0v) is 12.5. The minimum absolute atomic E-state index is 0.524. The Balaban J connectivity index is 2.30. The highest BCUT2D eigenvalue weighted by molar-refractivity contribution is 9.10. The van der Waals surface area contributed by atoms with Crippen molar-refractivity contribution in [1.82, 2.24) is 5.32 Å². The van der Waals surface area contributed by atoms with E-state index in [1.165, 1.54) is 9.35 Å². The highest BCUT2D eigenvalue weighted by Gasteiger charge is 2.12. The summed E-state index contributed by atoms with van der Waals surface area (Å²) in [5, 5.41) is 5.62. The summed E-state index contributed by atoms with van der Waals surface area (Å²) in [6, 6.07) is 2.74. The van der Waals surface area contributed by atoms with Gasteiger partial charge >= 0.3 is 0 Å². The lowest BCUT2D eigenvalue weighted by atomic mass is 9.99. The van der Waals surface area contributed by atoms with Gasteiger partial charge in [-0.25, -0.2) is 0 Å². The third kappa shape index (κ3) is 4.95. The molecule has 0 aliphatic rings. The van der Waals surface area contributed by atoms with Crippen LogP contribution in [0.2, 0.25) is 0 Å². The average Bonchev–Trinajstić information content (AvgIpc) is 2.64. The fraction of sp³-hybridized carbons (Fsp3) is 0.667. The van der Waals surface area contributed by atoms with Crippen molar-refractivity contribution in [1.29, 1.82) is 0 Å². The molecule has 0 amide bonds. The maximum atomic E-state index is 5.03. The smallest absolute Gasteiger partial charge is 0.0587 e. The summed E-state index contributed by atoms with van der Waals surface area (Å²) < 4.78 is 6.22. The molecule has 0 aliphatic heterocycles. The van der Waals surface area contributed by atoms with Gasteiger partial charge in [0.25, 0.3) is 0 Å². The number of halogens is 1. The molecular formula is C12H20BrNOS. The summed E-state index contributed by atoms with van der Waals surface area (Å²) in [5.41, 5.74) is 0. The van der Waals surface area contributed by atoms with E-state index in [9.17, 15) is 0 Å². The molecule has 0 saturated carbocycles. The molecule has 92 valence electrons. The summed E-state index contributed by atoms with van der Waals surface area (Å²) in [6.45, 7) is 6.23. The second-order valence-corrected chi connectivity index (χ2v) is 6.06. The van der Waals surface area contributed by atoms with Crippen LogP contribution >= 0.6 is 27.3 Å². The molecule has 1 N–H and O–H groups in total. The van der Waals surface area contributed by atoms with Crippen LogP contribution in [0.15, 0.2) is 15.9 Å². The number of ether oxygens (including phenoxy) is 1. The first-order chi connectivity index (χ1) is 7.63. The minimum atomic E-state index is 0.524. The largest absolute Gasteiger partial charge is 0.383 e. The molecule has 1 aromatic rings. The lowest BCUT2D eigenvalue weighted by Gasteiger charge is -2.20. The molecule has 1 rings (SSSR count). The van der Waals surface area contributed by atoms with Crippen molar-refractivity contribution < 1.29 is 4.74 Å². The number of hydrogen-bond donors (Lipinski definition) is 1. The Kier molecular flexibility index (Phi) is 6.58. The summed E-state index contributed by atoms with van der Waals surface area (Å²) in [5.74, 6) is 0.641. The normalized spacial score (nSPS) is 15.0. The molecule has 16 heavy (non-hydrogen) atoms. The van der Waals surface area contributed by atoms with Crippen molar-refractivity contribution >= 4 is 27.3 Å². The monoisotopic (exact) mass is 305 g/mol. The second-order valence-electron chi connectivity index (χ2n) is 4.15. The molecule has 1 aromatic heterocycles. The molecule has 0 aromatic carbocycles. The summed E-state index contributed by atoms with van der Waals surface area (Å²) in [6.07, 6.45) is 1.14. The van der Waals surface area contributed by atoms with Crippen LogP contribution < -0.4 is 5.32 Å². The Morgan fingerprint density at radius 3 is 2.81 bits per heavy atom.